The van der Waals surface area contributed by atoms with Crippen molar-refractivity contribution in [1.29, 1.82) is 0 Å². The fourth-order valence-corrected chi connectivity index (χ4v) is 2.88. The average molecular weight is 298 g/mol. The molecule has 0 aromatic heterocycles. The predicted molar refractivity (Wildman–Crippen MR) is 80.6 cm³/mol. The largest absolute Gasteiger partial charge is 0.505 e. The second kappa shape index (κ2) is 5.72. The van der Waals surface area contributed by atoms with Crippen molar-refractivity contribution in [3.05, 3.63) is 59.5 Å². The van der Waals surface area contributed by atoms with Gasteiger partial charge in [0, 0.05) is 18.8 Å². The molecule has 112 valence electrons. The molecule has 3 rings (SSSR count). The molecular weight excluding hydrogens is 283 g/mol. The van der Waals surface area contributed by atoms with Gasteiger partial charge in [-0.05, 0) is 35.3 Å². The molecular formula is C18H15FO3. The zero-order chi connectivity index (χ0) is 15.7. The maximum Gasteiger partial charge on any atom is 0.202 e. The Balaban J connectivity index is 2.02. The molecule has 4 heteroatoms. The Kier molecular flexibility index (Phi) is 3.75. The minimum Gasteiger partial charge on any atom is -0.505 e. The first-order valence-electron chi connectivity index (χ1n) is 7.20. The summed E-state index contributed by atoms with van der Waals surface area (Å²) in [5.74, 6) is -1.72. The van der Waals surface area contributed by atoms with Gasteiger partial charge in [0.15, 0.2) is 17.3 Å². The SMILES string of the molecule is O=C1CC=C2C(c3ccc(O)c(F)c3)=CC=CC2CCC1=O. The standard InChI is InChI=1S/C18H15FO3/c19-15-10-12(5-7-16(15)20)13-3-1-2-11-4-8-17(21)18(22)9-6-14(11)13/h1-3,5-7,10-11,20H,4,8-9H2. The first-order valence-corrected chi connectivity index (χ1v) is 7.20. The van der Waals surface area contributed by atoms with E-state index >= 15 is 0 Å². The molecule has 2 aliphatic rings. The number of hydrogen-bond acceptors (Lipinski definition) is 3. The number of carbonyl (C=O) groups is 2. The molecule has 1 atom stereocenters. The molecule has 0 radical (unpaired) electrons. The van der Waals surface area contributed by atoms with Gasteiger partial charge in [-0.25, -0.2) is 4.39 Å². The molecule has 0 aliphatic heterocycles. The van der Waals surface area contributed by atoms with Crippen molar-refractivity contribution in [2.75, 3.05) is 0 Å². The van der Waals surface area contributed by atoms with E-state index in [-0.39, 0.29) is 36.1 Å². The lowest BCUT2D eigenvalue weighted by atomic mass is 9.79. The Morgan fingerprint density at radius 2 is 2.00 bits per heavy atom. The van der Waals surface area contributed by atoms with Crippen LogP contribution in [0.4, 0.5) is 4.39 Å². The molecule has 0 saturated heterocycles. The highest BCUT2D eigenvalue weighted by Gasteiger charge is 2.25. The number of phenols is 1. The summed E-state index contributed by atoms with van der Waals surface area (Å²) < 4.78 is 13.6. The smallest absolute Gasteiger partial charge is 0.202 e. The lowest BCUT2D eigenvalue weighted by Gasteiger charge is -2.24. The molecule has 22 heavy (non-hydrogen) atoms. The topological polar surface area (TPSA) is 54.4 Å². The second-order valence-electron chi connectivity index (χ2n) is 5.49. The van der Waals surface area contributed by atoms with Gasteiger partial charge in [-0.15, -0.1) is 0 Å². The molecule has 0 saturated carbocycles. The summed E-state index contributed by atoms with van der Waals surface area (Å²) in [7, 11) is 0. The summed E-state index contributed by atoms with van der Waals surface area (Å²) in [6, 6.07) is 4.24. The maximum absolute atomic E-state index is 13.6. The van der Waals surface area contributed by atoms with Crippen molar-refractivity contribution in [3.63, 3.8) is 0 Å². The highest BCUT2D eigenvalue weighted by atomic mass is 19.1. The highest BCUT2D eigenvalue weighted by Crippen LogP contribution is 2.37. The lowest BCUT2D eigenvalue weighted by molar-refractivity contribution is -0.136. The number of ketones is 2. The molecule has 1 aromatic carbocycles. The number of aromatic hydroxyl groups is 1. The van der Waals surface area contributed by atoms with Gasteiger partial charge in [-0.2, -0.15) is 0 Å². The number of Topliss-reactive ketones (excluding diaryl/α,β-unsaturated/α-hetero) is 2. The van der Waals surface area contributed by atoms with Crippen molar-refractivity contribution < 1.29 is 19.1 Å². The van der Waals surface area contributed by atoms with Crippen molar-refractivity contribution >= 4 is 17.1 Å². The van der Waals surface area contributed by atoms with Crippen LogP contribution in [-0.2, 0) is 9.59 Å². The normalized spacial score (nSPS) is 21.6. The third kappa shape index (κ3) is 2.64. The fourth-order valence-electron chi connectivity index (χ4n) is 2.88. The van der Waals surface area contributed by atoms with Gasteiger partial charge in [0.05, 0.1) is 0 Å². The Labute approximate surface area is 127 Å². The summed E-state index contributed by atoms with van der Waals surface area (Å²) in [4.78, 5) is 23.2. The predicted octanol–water partition coefficient (Wildman–Crippen LogP) is 3.35. The van der Waals surface area contributed by atoms with E-state index in [1.165, 1.54) is 12.1 Å². The van der Waals surface area contributed by atoms with E-state index in [1.54, 1.807) is 12.1 Å². The monoisotopic (exact) mass is 298 g/mol. The van der Waals surface area contributed by atoms with E-state index in [2.05, 4.69) is 0 Å². The first kappa shape index (κ1) is 14.4. The summed E-state index contributed by atoms with van der Waals surface area (Å²) in [5.41, 5.74) is 2.41. The molecule has 0 spiro atoms. The Hall–Kier alpha value is -2.49. The zero-order valence-electron chi connectivity index (χ0n) is 11.9. The molecule has 1 aromatic rings. The van der Waals surface area contributed by atoms with E-state index in [0.29, 0.717) is 12.0 Å². The number of halogens is 1. The maximum atomic E-state index is 13.6. The van der Waals surface area contributed by atoms with Crippen molar-refractivity contribution in [3.8, 4) is 5.75 Å². The summed E-state index contributed by atoms with van der Waals surface area (Å²) in [5, 5.41) is 9.32. The third-order valence-electron chi connectivity index (χ3n) is 4.08. The Morgan fingerprint density at radius 1 is 1.18 bits per heavy atom. The van der Waals surface area contributed by atoms with Crippen molar-refractivity contribution in [2.45, 2.75) is 19.3 Å². The Bertz CT molecular complexity index is 741. The van der Waals surface area contributed by atoms with Crippen LogP contribution >= 0.6 is 0 Å². The third-order valence-corrected chi connectivity index (χ3v) is 4.08. The van der Waals surface area contributed by atoms with Gasteiger partial charge >= 0.3 is 0 Å². The highest BCUT2D eigenvalue weighted by molar-refractivity contribution is 6.37. The summed E-state index contributed by atoms with van der Waals surface area (Å²) in [6.45, 7) is 0. The van der Waals surface area contributed by atoms with Crippen LogP contribution in [0.15, 0.2) is 48.1 Å². The van der Waals surface area contributed by atoms with Crippen LogP contribution in [0.3, 0.4) is 0 Å². The van der Waals surface area contributed by atoms with Crippen LogP contribution in [0, 0.1) is 11.7 Å². The van der Waals surface area contributed by atoms with Gasteiger partial charge < -0.3 is 5.11 Å². The molecule has 2 aliphatic carbocycles. The number of carbonyl (C=O) groups excluding carboxylic acids is 2. The van der Waals surface area contributed by atoms with E-state index < -0.39 is 5.82 Å². The zero-order valence-corrected chi connectivity index (χ0v) is 11.9. The molecule has 1 unspecified atom stereocenters. The molecule has 0 fully saturated rings. The van der Waals surface area contributed by atoms with E-state index in [4.69, 9.17) is 0 Å². The van der Waals surface area contributed by atoms with Gasteiger partial charge in [0.25, 0.3) is 0 Å². The summed E-state index contributed by atoms with van der Waals surface area (Å²) in [6.07, 6.45) is 8.40. The van der Waals surface area contributed by atoms with Crippen molar-refractivity contribution in [1.82, 2.24) is 0 Å². The van der Waals surface area contributed by atoms with Gasteiger partial charge in [0.2, 0.25) is 5.78 Å². The van der Waals surface area contributed by atoms with E-state index in [1.807, 2.05) is 18.2 Å². The second-order valence-corrected chi connectivity index (χ2v) is 5.49. The van der Waals surface area contributed by atoms with Gasteiger partial charge in [-0.3, -0.25) is 9.59 Å². The van der Waals surface area contributed by atoms with Crippen LogP contribution in [-0.4, -0.2) is 16.7 Å². The quantitative estimate of drug-likeness (QED) is 0.809. The number of rotatable bonds is 1. The molecule has 3 nitrogen and oxygen atoms in total. The van der Waals surface area contributed by atoms with Crippen LogP contribution in [0.25, 0.3) is 5.57 Å². The molecule has 0 heterocycles. The van der Waals surface area contributed by atoms with Gasteiger partial charge in [0.1, 0.15) is 0 Å². The molecule has 0 bridgehead atoms. The average Bonchev–Trinajstić information content (AvgIpc) is 2.51. The lowest BCUT2D eigenvalue weighted by Crippen LogP contribution is -2.19. The molecule has 1 N–H and O–H groups in total. The Morgan fingerprint density at radius 3 is 2.77 bits per heavy atom. The minimum absolute atomic E-state index is 0.0499. The van der Waals surface area contributed by atoms with E-state index in [0.717, 1.165) is 11.1 Å². The van der Waals surface area contributed by atoms with Crippen molar-refractivity contribution in [2.24, 2.45) is 5.92 Å². The minimum atomic E-state index is -0.679. The first-order chi connectivity index (χ1) is 10.6. The van der Waals surface area contributed by atoms with E-state index in [9.17, 15) is 19.1 Å². The number of fused-ring (bicyclic) bond motifs is 1. The number of phenolic OH excluding ortho intramolecular Hbond substituents is 1. The van der Waals surface area contributed by atoms with Crippen LogP contribution in [0.1, 0.15) is 24.8 Å². The number of benzene rings is 1. The van der Waals surface area contributed by atoms with Crippen LogP contribution in [0.5, 0.6) is 5.75 Å². The molecule has 0 amide bonds. The van der Waals surface area contributed by atoms with Crippen LogP contribution < -0.4 is 0 Å². The van der Waals surface area contributed by atoms with Gasteiger partial charge in [-0.1, -0.05) is 30.4 Å². The summed E-state index contributed by atoms with van der Waals surface area (Å²) >= 11 is 0. The number of hydrogen-bond donors (Lipinski definition) is 1. The number of allylic oxidation sites excluding steroid dienone is 6. The van der Waals surface area contributed by atoms with Crippen LogP contribution in [0.2, 0.25) is 0 Å². The fraction of sp³-hybridized carbons (Fsp3) is 0.222.